The van der Waals surface area contributed by atoms with Crippen molar-refractivity contribution >= 4 is 44.5 Å². The van der Waals surface area contributed by atoms with E-state index < -0.39 is 0 Å². The lowest BCUT2D eigenvalue weighted by Crippen LogP contribution is -2.46. The van der Waals surface area contributed by atoms with Gasteiger partial charge in [-0.2, -0.15) is 9.97 Å². The molecule has 0 amide bonds. The number of H-pyrrole nitrogens is 1. The number of nitrogens with zero attached hydrogens (tertiary/aromatic N) is 5. The van der Waals surface area contributed by atoms with Crippen LogP contribution in [-0.4, -0.2) is 51.1 Å². The first-order valence-electron chi connectivity index (χ1n) is 11.7. The van der Waals surface area contributed by atoms with Crippen LogP contribution in [0.3, 0.4) is 0 Å². The van der Waals surface area contributed by atoms with E-state index in [0.29, 0.717) is 28.9 Å². The molecule has 1 aliphatic carbocycles. The number of hydrogen-bond donors (Lipinski definition) is 3. The van der Waals surface area contributed by atoms with Crippen LogP contribution >= 0.6 is 0 Å². The molecule has 10 heteroatoms. The van der Waals surface area contributed by atoms with Crippen LogP contribution in [0.15, 0.2) is 42.7 Å². The first kappa shape index (κ1) is 20.3. The van der Waals surface area contributed by atoms with Crippen LogP contribution in [0.2, 0.25) is 0 Å². The average molecular weight is 471 g/mol. The summed E-state index contributed by atoms with van der Waals surface area (Å²) >= 11 is 0. The highest BCUT2D eigenvalue weighted by molar-refractivity contribution is 6.14. The minimum Gasteiger partial charge on any atom is -0.422 e. The Kier molecular flexibility index (Phi) is 4.34. The Balaban J connectivity index is 1.39. The molecule has 2 fully saturated rings. The summed E-state index contributed by atoms with van der Waals surface area (Å²) in [6.45, 7) is 1.66. The summed E-state index contributed by atoms with van der Waals surface area (Å²) in [5, 5.41) is 4.57. The van der Waals surface area contributed by atoms with Gasteiger partial charge in [-0.3, -0.25) is 9.97 Å². The second-order valence-corrected chi connectivity index (χ2v) is 9.35. The van der Waals surface area contributed by atoms with Crippen molar-refractivity contribution in [3.05, 3.63) is 48.5 Å². The highest BCUT2D eigenvalue weighted by Gasteiger charge is 2.46. The lowest BCUT2D eigenvalue weighted by atomic mass is 9.72. The molecular formula is C25H23FN8O. The number of benzene rings is 1. The molecule has 2 aliphatic rings. The van der Waals surface area contributed by atoms with Gasteiger partial charge in [0.25, 0.3) is 0 Å². The summed E-state index contributed by atoms with van der Waals surface area (Å²) in [5.41, 5.74) is 9.76. The number of aromatic amines is 1. The standard InChI is InChI=1S/C25H23FN8O/c1-28-20-7-13(26)6-15-21-23(31-22(15)20)32-25(33-24(21)34-10-12-5-17(27)16(12)11-34)35-14-8-19-18(30-9-14)3-2-4-29-19/h2-4,6-9,12,16-17,28H,5,10-11,27H2,1H3,(H,31,32,33)/t12-,16?,17-/m1/s1. The van der Waals surface area contributed by atoms with E-state index in [2.05, 4.69) is 30.2 Å². The van der Waals surface area contributed by atoms with Crippen LogP contribution in [0.25, 0.3) is 33.0 Å². The number of nitrogens with two attached hydrogens (primary N) is 1. The second kappa shape index (κ2) is 7.47. The van der Waals surface area contributed by atoms with Crippen LogP contribution in [0.5, 0.6) is 11.8 Å². The SMILES string of the molecule is CNc1cc(F)cc2c1[nH]c1nc(Oc3cnc4cccnc4c3)nc(N3CC4[C@H](C[C@H]4N)C3)c12. The average Bonchev–Trinajstić information content (AvgIpc) is 3.40. The molecule has 1 unspecified atom stereocenters. The molecule has 7 rings (SSSR count). The molecule has 4 N–H and O–H groups in total. The molecule has 1 aromatic carbocycles. The van der Waals surface area contributed by atoms with Gasteiger partial charge in [0.05, 0.1) is 33.8 Å². The predicted molar refractivity (Wildman–Crippen MR) is 132 cm³/mol. The van der Waals surface area contributed by atoms with E-state index in [-0.39, 0.29) is 17.9 Å². The van der Waals surface area contributed by atoms with E-state index in [1.165, 1.54) is 12.1 Å². The smallest absolute Gasteiger partial charge is 0.326 e. The van der Waals surface area contributed by atoms with Crippen molar-refractivity contribution in [1.82, 2.24) is 24.9 Å². The van der Waals surface area contributed by atoms with Gasteiger partial charge >= 0.3 is 6.01 Å². The zero-order valence-electron chi connectivity index (χ0n) is 19.0. The van der Waals surface area contributed by atoms with Crippen molar-refractivity contribution in [2.75, 3.05) is 30.4 Å². The third-order valence-electron chi connectivity index (χ3n) is 7.31. The molecule has 5 heterocycles. The highest BCUT2D eigenvalue weighted by atomic mass is 19.1. The van der Waals surface area contributed by atoms with Gasteiger partial charge in [-0.1, -0.05) is 0 Å². The number of aromatic nitrogens is 5. The minimum atomic E-state index is -0.327. The van der Waals surface area contributed by atoms with Crippen molar-refractivity contribution in [2.45, 2.75) is 12.5 Å². The van der Waals surface area contributed by atoms with E-state index in [0.717, 1.165) is 52.7 Å². The highest BCUT2D eigenvalue weighted by Crippen LogP contribution is 2.44. The van der Waals surface area contributed by atoms with Crippen molar-refractivity contribution in [1.29, 1.82) is 0 Å². The lowest BCUT2D eigenvalue weighted by Gasteiger charge is -2.36. The first-order valence-corrected chi connectivity index (χ1v) is 11.7. The Bertz CT molecular complexity index is 1620. The molecule has 9 nitrogen and oxygen atoms in total. The van der Waals surface area contributed by atoms with Crippen LogP contribution < -0.4 is 20.7 Å². The number of halogens is 1. The topological polar surface area (TPSA) is 118 Å². The van der Waals surface area contributed by atoms with Gasteiger partial charge in [0.2, 0.25) is 0 Å². The molecule has 4 aromatic heterocycles. The summed E-state index contributed by atoms with van der Waals surface area (Å²) in [7, 11) is 1.77. The Morgan fingerprint density at radius 1 is 1.17 bits per heavy atom. The number of hydrogen-bond acceptors (Lipinski definition) is 8. The van der Waals surface area contributed by atoms with Crippen LogP contribution in [-0.2, 0) is 0 Å². The minimum absolute atomic E-state index is 0.186. The van der Waals surface area contributed by atoms with Gasteiger partial charge in [-0.15, -0.1) is 0 Å². The Labute approximate surface area is 199 Å². The molecular weight excluding hydrogens is 447 g/mol. The third-order valence-corrected chi connectivity index (χ3v) is 7.31. The largest absolute Gasteiger partial charge is 0.422 e. The fraction of sp³-hybridized carbons (Fsp3) is 0.280. The maximum absolute atomic E-state index is 14.5. The van der Waals surface area contributed by atoms with E-state index in [1.54, 1.807) is 19.4 Å². The van der Waals surface area contributed by atoms with Gasteiger partial charge in [0, 0.05) is 43.8 Å². The van der Waals surface area contributed by atoms with Crippen LogP contribution in [0.4, 0.5) is 15.9 Å². The van der Waals surface area contributed by atoms with Crippen LogP contribution in [0, 0.1) is 17.7 Å². The summed E-state index contributed by atoms with van der Waals surface area (Å²) in [4.78, 5) is 23.8. The molecule has 1 saturated carbocycles. The second-order valence-electron chi connectivity index (χ2n) is 9.35. The van der Waals surface area contributed by atoms with E-state index in [1.807, 2.05) is 18.2 Å². The van der Waals surface area contributed by atoms with Crippen molar-refractivity contribution in [2.24, 2.45) is 17.6 Å². The van der Waals surface area contributed by atoms with E-state index in [4.69, 9.17) is 15.5 Å². The maximum atomic E-state index is 14.5. The fourth-order valence-corrected chi connectivity index (χ4v) is 5.52. The van der Waals surface area contributed by atoms with Crippen molar-refractivity contribution in [3.63, 3.8) is 0 Å². The lowest BCUT2D eigenvalue weighted by molar-refractivity contribution is 0.194. The van der Waals surface area contributed by atoms with E-state index >= 15 is 0 Å². The van der Waals surface area contributed by atoms with Gasteiger partial charge < -0.3 is 25.7 Å². The zero-order valence-corrected chi connectivity index (χ0v) is 19.0. The van der Waals surface area contributed by atoms with Crippen molar-refractivity contribution < 1.29 is 9.13 Å². The summed E-state index contributed by atoms with van der Waals surface area (Å²) in [6.07, 6.45) is 4.36. The Morgan fingerprint density at radius 3 is 2.91 bits per heavy atom. The maximum Gasteiger partial charge on any atom is 0.326 e. The molecule has 1 saturated heterocycles. The molecule has 1 aliphatic heterocycles. The summed E-state index contributed by atoms with van der Waals surface area (Å²) in [5.74, 6) is 1.87. The summed E-state index contributed by atoms with van der Waals surface area (Å²) in [6, 6.07) is 8.93. The van der Waals surface area contributed by atoms with Gasteiger partial charge in [-0.25, -0.2) is 4.39 Å². The summed E-state index contributed by atoms with van der Waals surface area (Å²) < 4.78 is 20.6. The fourth-order valence-electron chi connectivity index (χ4n) is 5.52. The number of nitrogens with one attached hydrogen (secondary N) is 2. The number of fused-ring (bicyclic) bond motifs is 5. The zero-order chi connectivity index (χ0) is 23.7. The van der Waals surface area contributed by atoms with Gasteiger partial charge in [-0.05, 0) is 42.5 Å². The van der Waals surface area contributed by atoms with E-state index in [9.17, 15) is 4.39 Å². The monoisotopic (exact) mass is 470 g/mol. The third kappa shape index (κ3) is 3.17. The molecule has 3 atom stereocenters. The number of pyridine rings is 2. The quantitative estimate of drug-likeness (QED) is 0.363. The number of anilines is 2. The molecule has 5 aromatic rings. The normalized spacial score (nSPS) is 21.5. The number of ether oxygens (including phenoxy) is 1. The number of rotatable bonds is 4. The molecule has 176 valence electrons. The molecule has 0 radical (unpaired) electrons. The van der Waals surface area contributed by atoms with Gasteiger partial charge in [0.1, 0.15) is 17.3 Å². The van der Waals surface area contributed by atoms with Crippen LogP contribution in [0.1, 0.15) is 6.42 Å². The molecule has 35 heavy (non-hydrogen) atoms. The molecule has 0 bridgehead atoms. The Morgan fingerprint density at radius 2 is 2.09 bits per heavy atom. The van der Waals surface area contributed by atoms with Crippen molar-refractivity contribution in [3.8, 4) is 11.8 Å². The first-order chi connectivity index (χ1) is 17.1. The predicted octanol–water partition coefficient (Wildman–Crippen LogP) is 3.81. The molecule has 0 spiro atoms. The van der Waals surface area contributed by atoms with Gasteiger partial charge in [0.15, 0.2) is 5.75 Å². The Hall–Kier alpha value is -4.05.